The Morgan fingerprint density at radius 1 is 1.14 bits per heavy atom. The molecule has 0 unspecified atom stereocenters. The number of carbonyl (C=O) groups is 1. The molecule has 0 amide bonds. The summed E-state index contributed by atoms with van der Waals surface area (Å²) in [6.45, 7) is 0.958. The topological polar surface area (TPSA) is 51.1 Å². The summed E-state index contributed by atoms with van der Waals surface area (Å²) in [4.78, 5) is 19.5. The first-order chi connectivity index (χ1) is 13.1. The fourth-order valence-corrected chi connectivity index (χ4v) is 3.84. The number of halogens is 2. The molecule has 0 aromatic heterocycles. The lowest BCUT2D eigenvalue weighted by molar-refractivity contribution is 0.100. The van der Waals surface area contributed by atoms with Gasteiger partial charge in [-0.25, -0.2) is 0 Å². The highest BCUT2D eigenvalue weighted by Gasteiger charge is 2.21. The Morgan fingerprint density at radius 2 is 1.86 bits per heavy atom. The number of carbonyl (C=O) groups excluding carboxylic acids is 1. The van der Waals surface area contributed by atoms with Gasteiger partial charge in [0.25, 0.3) is 0 Å². The molecule has 1 aliphatic heterocycles. The Bertz CT molecular complexity index is 846. The predicted octanol–water partition coefficient (Wildman–Crippen LogP) is 5.12. The minimum atomic E-state index is -0.0280. The monoisotopic (exact) mass is 484 g/mol. The Balaban J connectivity index is 0.00000280. The highest BCUT2D eigenvalue weighted by atomic mass is 79.9. The average molecular weight is 486 g/mol. The van der Waals surface area contributed by atoms with Crippen LogP contribution in [-0.4, -0.2) is 44.0 Å². The predicted molar refractivity (Wildman–Crippen MR) is 122 cm³/mol. The van der Waals surface area contributed by atoms with Crippen LogP contribution in [0.1, 0.15) is 16.8 Å². The summed E-state index contributed by atoms with van der Waals surface area (Å²) in [5.41, 5.74) is 1.45. The van der Waals surface area contributed by atoms with Crippen molar-refractivity contribution in [2.75, 3.05) is 38.0 Å². The molecular weight excluding hydrogens is 464 g/mol. The maximum Gasteiger partial charge on any atom is 0.182 e. The SMILES string of the molecule is Br.COc1ccc(C(=O)CN(C2=NCCCS2)c2ccc(Cl)cc2)cc1OC. The lowest BCUT2D eigenvalue weighted by atomic mass is 10.1. The molecule has 150 valence electrons. The molecule has 0 aliphatic carbocycles. The van der Waals surface area contributed by atoms with Gasteiger partial charge in [-0.05, 0) is 48.9 Å². The van der Waals surface area contributed by atoms with Gasteiger partial charge in [-0.2, -0.15) is 0 Å². The van der Waals surface area contributed by atoms with E-state index in [9.17, 15) is 4.79 Å². The summed E-state index contributed by atoms with van der Waals surface area (Å²) in [7, 11) is 3.12. The van der Waals surface area contributed by atoms with E-state index < -0.39 is 0 Å². The van der Waals surface area contributed by atoms with Crippen molar-refractivity contribution in [2.45, 2.75) is 6.42 Å². The molecule has 0 fully saturated rings. The van der Waals surface area contributed by atoms with Crippen molar-refractivity contribution in [3.63, 3.8) is 0 Å². The van der Waals surface area contributed by atoms with Crippen molar-refractivity contribution in [1.82, 2.24) is 0 Å². The van der Waals surface area contributed by atoms with Crippen LogP contribution < -0.4 is 14.4 Å². The number of rotatable bonds is 6. The molecule has 2 aromatic rings. The summed E-state index contributed by atoms with van der Waals surface area (Å²) in [6.07, 6.45) is 1.05. The van der Waals surface area contributed by atoms with Crippen LogP contribution >= 0.6 is 40.3 Å². The van der Waals surface area contributed by atoms with Crippen LogP contribution in [0.3, 0.4) is 0 Å². The van der Waals surface area contributed by atoms with Gasteiger partial charge in [-0.1, -0.05) is 23.4 Å². The van der Waals surface area contributed by atoms with E-state index in [-0.39, 0.29) is 29.3 Å². The fraction of sp³-hybridized carbons (Fsp3) is 0.300. The first-order valence-corrected chi connectivity index (χ1v) is 9.94. The van der Waals surface area contributed by atoms with Crippen molar-refractivity contribution in [3.05, 3.63) is 53.1 Å². The van der Waals surface area contributed by atoms with E-state index >= 15 is 0 Å². The molecule has 2 aromatic carbocycles. The van der Waals surface area contributed by atoms with Crippen LogP contribution in [0.4, 0.5) is 5.69 Å². The van der Waals surface area contributed by atoms with Gasteiger partial charge >= 0.3 is 0 Å². The van der Waals surface area contributed by atoms with Gasteiger partial charge in [0.2, 0.25) is 0 Å². The van der Waals surface area contributed by atoms with Gasteiger partial charge in [0.1, 0.15) is 0 Å². The summed E-state index contributed by atoms with van der Waals surface area (Å²) >= 11 is 7.69. The Hall–Kier alpha value is -1.70. The van der Waals surface area contributed by atoms with E-state index in [1.165, 1.54) is 0 Å². The molecule has 0 N–H and O–H groups in total. The van der Waals surface area contributed by atoms with Gasteiger partial charge in [-0.15, -0.1) is 17.0 Å². The first kappa shape index (κ1) is 22.6. The third-order valence-corrected chi connectivity index (χ3v) is 5.51. The van der Waals surface area contributed by atoms with Gasteiger partial charge in [0, 0.05) is 28.6 Å². The summed E-state index contributed by atoms with van der Waals surface area (Å²) in [5, 5.41) is 1.51. The third-order valence-electron chi connectivity index (χ3n) is 4.16. The molecular formula is C20H22BrClN2O3S. The summed E-state index contributed by atoms with van der Waals surface area (Å²) in [6, 6.07) is 12.6. The lowest BCUT2D eigenvalue weighted by Crippen LogP contribution is -2.35. The minimum Gasteiger partial charge on any atom is -0.493 e. The normalized spacial score (nSPS) is 13.2. The molecule has 5 nitrogen and oxygen atoms in total. The summed E-state index contributed by atoms with van der Waals surface area (Å²) in [5.74, 6) is 2.09. The molecule has 0 saturated heterocycles. The number of ether oxygens (including phenoxy) is 2. The number of amidine groups is 1. The van der Waals surface area contributed by atoms with E-state index in [0.29, 0.717) is 22.1 Å². The third kappa shape index (κ3) is 5.43. The van der Waals surface area contributed by atoms with Crippen LogP contribution in [-0.2, 0) is 0 Å². The van der Waals surface area contributed by atoms with Crippen molar-refractivity contribution in [2.24, 2.45) is 4.99 Å². The number of methoxy groups -OCH3 is 2. The molecule has 0 saturated carbocycles. The van der Waals surface area contributed by atoms with Crippen molar-refractivity contribution in [1.29, 1.82) is 0 Å². The second-order valence-corrected chi connectivity index (χ2v) is 7.42. The molecule has 8 heteroatoms. The van der Waals surface area contributed by atoms with Gasteiger partial charge in [-0.3, -0.25) is 9.79 Å². The molecule has 1 aliphatic rings. The van der Waals surface area contributed by atoms with E-state index in [4.69, 9.17) is 21.1 Å². The zero-order valence-corrected chi connectivity index (χ0v) is 19.0. The average Bonchev–Trinajstić information content (AvgIpc) is 2.72. The first-order valence-electron chi connectivity index (χ1n) is 8.58. The van der Waals surface area contributed by atoms with Crippen LogP contribution in [0, 0.1) is 0 Å². The van der Waals surface area contributed by atoms with Gasteiger partial charge in [0.15, 0.2) is 22.4 Å². The van der Waals surface area contributed by atoms with Crippen LogP contribution in [0.15, 0.2) is 47.5 Å². The Morgan fingerprint density at radius 3 is 2.46 bits per heavy atom. The molecule has 0 spiro atoms. The molecule has 0 radical (unpaired) electrons. The number of ketones is 1. The molecule has 0 bridgehead atoms. The van der Waals surface area contributed by atoms with Crippen molar-refractivity contribution in [3.8, 4) is 11.5 Å². The Kier molecular flexibility index (Phi) is 8.66. The second kappa shape index (κ2) is 10.7. The standard InChI is InChI=1S/C20H21ClN2O3S.BrH/c1-25-18-9-4-14(12-19(18)26-2)17(24)13-23(20-22-10-3-11-27-20)16-7-5-15(21)6-8-16;/h4-9,12H,3,10-11,13H2,1-2H3;1H. The Labute approximate surface area is 184 Å². The number of benzene rings is 2. The highest BCUT2D eigenvalue weighted by Crippen LogP contribution is 2.29. The number of nitrogens with zero attached hydrogens (tertiary/aromatic N) is 2. The molecule has 1 heterocycles. The quantitative estimate of drug-likeness (QED) is 0.532. The van der Waals surface area contributed by atoms with Crippen LogP contribution in [0.25, 0.3) is 0 Å². The smallest absolute Gasteiger partial charge is 0.182 e. The van der Waals surface area contributed by atoms with Gasteiger partial charge < -0.3 is 14.4 Å². The second-order valence-electron chi connectivity index (χ2n) is 5.92. The molecule has 0 atom stereocenters. The summed E-state index contributed by atoms with van der Waals surface area (Å²) < 4.78 is 10.6. The number of Topliss-reactive ketones (excluding diaryl/α,β-unsaturated/α-hetero) is 1. The van der Waals surface area contributed by atoms with Crippen LogP contribution in [0.5, 0.6) is 11.5 Å². The van der Waals surface area contributed by atoms with E-state index in [2.05, 4.69) is 4.99 Å². The lowest BCUT2D eigenvalue weighted by Gasteiger charge is -2.27. The maximum absolute atomic E-state index is 13.0. The maximum atomic E-state index is 13.0. The number of anilines is 1. The zero-order chi connectivity index (χ0) is 19.2. The number of hydrogen-bond donors (Lipinski definition) is 0. The largest absolute Gasteiger partial charge is 0.493 e. The van der Waals surface area contributed by atoms with Gasteiger partial charge in [0.05, 0.1) is 20.8 Å². The minimum absolute atomic E-state index is 0. The fourth-order valence-electron chi connectivity index (χ4n) is 2.75. The molecule has 28 heavy (non-hydrogen) atoms. The van der Waals surface area contributed by atoms with E-state index in [1.54, 1.807) is 44.2 Å². The van der Waals surface area contributed by atoms with Crippen molar-refractivity contribution < 1.29 is 14.3 Å². The van der Waals surface area contributed by atoms with E-state index in [0.717, 1.165) is 29.6 Å². The molecule has 3 rings (SSSR count). The van der Waals surface area contributed by atoms with Crippen LogP contribution in [0.2, 0.25) is 5.02 Å². The number of thioether (sulfide) groups is 1. The zero-order valence-electron chi connectivity index (χ0n) is 15.7. The number of hydrogen-bond acceptors (Lipinski definition) is 6. The highest BCUT2D eigenvalue weighted by molar-refractivity contribution is 8.93. The van der Waals surface area contributed by atoms with E-state index in [1.807, 2.05) is 29.2 Å². The van der Waals surface area contributed by atoms with Crippen molar-refractivity contribution >= 4 is 57.0 Å². The number of aliphatic imine (C=N–C) groups is 1.